The Balaban J connectivity index is 1.81. The van der Waals surface area contributed by atoms with Crippen LogP contribution in [0.1, 0.15) is 31.2 Å². The van der Waals surface area contributed by atoms with Crippen molar-refractivity contribution in [1.82, 2.24) is 9.03 Å². The topological polar surface area (TPSA) is 92.8 Å². The lowest BCUT2D eigenvalue weighted by Crippen LogP contribution is -2.52. The van der Waals surface area contributed by atoms with E-state index < -0.39 is 20.0 Å². The average Bonchev–Trinajstić information content (AvgIpc) is 2.79. The van der Waals surface area contributed by atoms with Crippen LogP contribution in [0.25, 0.3) is 0 Å². The highest BCUT2D eigenvalue weighted by atomic mass is 32.2. The number of piperidine rings is 1. The minimum absolute atomic E-state index is 0.118. The maximum Gasteiger partial charge on any atom is 0.244 e. The number of methoxy groups -OCH3 is 1. The molecule has 2 atom stereocenters. The fraction of sp³-hybridized carbons (Fsp3) is 0.625. The van der Waals surface area contributed by atoms with Crippen LogP contribution in [0, 0.1) is 6.92 Å². The molecule has 7 nitrogen and oxygen atoms in total. The summed E-state index contributed by atoms with van der Waals surface area (Å²) in [5, 5.41) is 0. The normalized spacial score (nSPS) is 27.4. The molecule has 0 spiro atoms. The van der Waals surface area contributed by atoms with Crippen LogP contribution in [-0.2, 0) is 20.0 Å². The molecule has 1 N–H and O–H groups in total. The summed E-state index contributed by atoms with van der Waals surface area (Å²) >= 11 is 0. The third kappa shape index (κ3) is 3.69. The van der Waals surface area contributed by atoms with Crippen molar-refractivity contribution < 1.29 is 21.6 Å². The van der Waals surface area contributed by atoms with E-state index in [1.807, 2.05) is 6.92 Å². The third-order valence-electron chi connectivity index (χ3n) is 4.98. The highest BCUT2D eigenvalue weighted by molar-refractivity contribution is 7.89. The molecular weight excluding hydrogens is 364 g/mol. The van der Waals surface area contributed by atoms with Crippen molar-refractivity contribution >= 4 is 20.0 Å². The zero-order chi connectivity index (χ0) is 18.4. The Bertz CT molecular complexity index is 853. The van der Waals surface area contributed by atoms with Crippen LogP contribution in [0.5, 0.6) is 5.75 Å². The smallest absolute Gasteiger partial charge is 0.244 e. The Labute approximate surface area is 149 Å². The van der Waals surface area contributed by atoms with Crippen LogP contribution < -0.4 is 9.46 Å². The number of benzene rings is 1. The number of aryl methyl sites for hydroxylation is 1. The van der Waals surface area contributed by atoms with Crippen molar-refractivity contribution in [3.63, 3.8) is 0 Å². The number of fused-ring (bicyclic) bond motifs is 2. The van der Waals surface area contributed by atoms with Gasteiger partial charge >= 0.3 is 0 Å². The SMILES string of the molecule is COc1ccc(C)cc1S(=O)(=O)NC1CC2CCC(C1)N2S(C)(=O)=O. The lowest BCUT2D eigenvalue weighted by molar-refractivity contribution is 0.221. The molecule has 0 amide bonds. The molecule has 0 radical (unpaired) electrons. The molecule has 2 saturated heterocycles. The number of sulfonamides is 2. The molecule has 0 aliphatic carbocycles. The summed E-state index contributed by atoms with van der Waals surface area (Å²) in [7, 11) is -5.56. The van der Waals surface area contributed by atoms with Gasteiger partial charge in [0.25, 0.3) is 0 Å². The molecule has 9 heteroatoms. The van der Waals surface area contributed by atoms with E-state index in [1.165, 1.54) is 13.4 Å². The Kier molecular flexibility index (Phi) is 4.87. The Morgan fingerprint density at radius 1 is 1.12 bits per heavy atom. The largest absolute Gasteiger partial charge is 0.495 e. The van der Waals surface area contributed by atoms with E-state index in [0.717, 1.165) is 18.4 Å². The van der Waals surface area contributed by atoms with Crippen molar-refractivity contribution in [2.24, 2.45) is 0 Å². The monoisotopic (exact) mass is 388 g/mol. The van der Waals surface area contributed by atoms with E-state index in [1.54, 1.807) is 22.5 Å². The number of nitrogens with one attached hydrogen (secondary N) is 1. The van der Waals surface area contributed by atoms with Gasteiger partial charge in [-0.3, -0.25) is 0 Å². The molecule has 2 unspecified atom stereocenters. The molecule has 2 fully saturated rings. The third-order valence-corrected chi connectivity index (χ3v) is 7.88. The average molecular weight is 389 g/mol. The molecule has 3 rings (SSSR count). The fourth-order valence-corrected chi connectivity index (χ4v) is 7.03. The predicted octanol–water partition coefficient (Wildman–Crippen LogP) is 1.24. The summed E-state index contributed by atoms with van der Waals surface area (Å²) in [6, 6.07) is 4.50. The van der Waals surface area contributed by atoms with Crippen molar-refractivity contribution in [2.45, 2.75) is 55.6 Å². The quantitative estimate of drug-likeness (QED) is 0.819. The summed E-state index contributed by atoms with van der Waals surface area (Å²) in [5.41, 5.74) is 0.827. The molecule has 2 aliphatic rings. The molecule has 25 heavy (non-hydrogen) atoms. The number of rotatable bonds is 5. The minimum atomic E-state index is -3.74. The van der Waals surface area contributed by atoms with Gasteiger partial charge in [0.1, 0.15) is 10.6 Å². The Morgan fingerprint density at radius 2 is 1.72 bits per heavy atom. The van der Waals surface area contributed by atoms with Gasteiger partial charge in [0.2, 0.25) is 20.0 Å². The highest BCUT2D eigenvalue weighted by Crippen LogP contribution is 2.38. The maximum atomic E-state index is 12.8. The van der Waals surface area contributed by atoms with Crippen LogP contribution >= 0.6 is 0 Å². The van der Waals surface area contributed by atoms with Crippen LogP contribution in [0.4, 0.5) is 0 Å². The second kappa shape index (κ2) is 6.53. The molecule has 1 aromatic rings. The van der Waals surface area contributed by atoms with Crippen molar-refractivity contribution in [2.75, 3.05) is 13.4 Å². The van der Waals surface area contributed by atoms with Crippen LogP contribution in [0.2, 0.25) is 0 Å². The first-order valence-electron chi connectivity index (χ1n) is 8.27. The first-order chi connectivity index (χ1) is 11.6. The number of ether oxygens (including phenoxy) is 1. The van der Waals surface area contributed by atoms with E-state index in [0.29, 0.717) is 18.6 Å². The standard InChI is InChI=1S/C16H24N2O5S2/c1-11-4-7-15(23-2)16(8-11)25(21,22)17-12-9-13-5-6-14(10-12)18(13)24(3,19)20/h4,7-8,12-14,17H,5-6,9-10H2,1-3H3. The van der Waals surface area contributed by atoms with Gasteiger partial charge < -0.3 is 4.74 Å². The van der Waals surface area contributed by atoms with Gasteiger partial charge in [-0.2, -0.15) is 4.31 Å². The fourth-order valence-electron chi connectivity index (χ4n) is 4.05. The van der Waals surface area contributed by atoms with E-state index in [4.69, 9.17) is 4.74 Å². The van der Waals surface area contributed by atoms with Gasteiger partial charge in [0.15, 0.2) is 0 Å². The van der Waals surface area contributed by atoms with Gasteiger partial charge in [-0.15, -0.1) is 0 Å². The molecule has 0 aromatic heterocycles. The molecular formula is C16H24N2O5S2. The number of hydrogen-bond acceptors (Lipinski definition) is 5. The zero-order valence-electron chi connectivity index (χ0n) is 14.6. The number of hydrogen-bond donors (Lipinski definition) is 1. The van der Waals surface area contributed by atoms with E-state index >= 15 is 0 Å². The maximum absolute atomic E-state index is 12.8. The first-order valence-corrected chi connectivity index (χ1v) is 11.6. The molecule has 2 aliphatic heterocycles. The van der Waals surface area contributed by atoms with Gasteiger partial charge in [-0.25, -0.2) is 21.6 Å². The van der Waals surface area contributed by atoms with Gasteiger partial charge in [0.05, 0.1) is 13.4 Å². The van der Waals surface area contributed by atoms with Crippen LogP contribution in [0.15, 0.2) is 23.1 Å². The minimum Gasteiger partial charge on any atom is -0.495 e. The lowest BCUT2D eigenvalue weighted by Gasteiger charge is -2.37. The van der Waals surface area contributed by atoms with Crippen LogP contribution in [0.3, 0.4) is 0 Å². The molecule has 140 valence electrons. The molecule has 0 saturated carbocycles. The van der Waals surface area contributed by atoms with Gasteiger partial charge in [-0.05, 0) is 50.3 Å². The summed E-state index contributed by atoms with van der Waals surface area (Å²) in [6.07, 6.45) is 3.78. The van der Waals surface area contributed by atoms with Crippen molar-refractivity contribution in [3.8, 4) is 5.75 Å². The molecule has 1 aromatic carbocycles. The molecule has 2 bridgehead atoms. The zero-order valence-corrected chi connectivity index (χ0v) is 16.2. The Morgan fingerprint density at radius 3 is 2.24 bits per heavy atom. The molecule has 2 heterocycles. The van der Waals surface area contributed by atoms with Crippen molar-refractivity contribution in [1.29, 1.82) is 0 Å². The van der Waals surface area contributed by atoms with Gasteiger partial charge in [0, 0.05) is 18.1 Å². The summed E-state index contributed by atoms with van der Waals surface area (Å²) in [5.74, 6) is 0.301. The highest BCUT2D eigenvalue weighted by Gasteiger charge is 2.46. The van der Waals surface area contributed by atoms with Gasteiger partial charge in [-0.1, -0.05) is 6.07 Å². The van der Waals surface area contributed by atoms with Crippen molar-refractivity contribution in [3.05, 3.63) is 23.8 Å². The summed E-state index contributed by atoms with van der Waals surface area (Å²) in [6.45, 7) is 1.82. The predicted molar refractivity (Wildman–Crippen MR) is 94.6 cm³/mol. The van der Waals surface area contributed by atoms with Crippen LogP contribution in [-0.4, -0.2) is 52.6 Å². The summed E-state index contributed by atoms with van der Waals surface area (Å²) < 4.78 is 59.1. The second-order valence-electron chi connectivity index (χ2n) is 6.92. The lowest BCUT2D eigenvalue weighted by atomic mass is 10.0. The number of nitrogens with zero attached hydrogens (tertiary/aromatic N) is 1. The van der Waals surface area contributed by atoms with E-state index in [2.05, 4.69) is 4.72 Å². The van der Waals surface area contributed by atoms with E-state index in [9.17, 15) is 16.8 Å². The van der Waals surface area contributed by atoms with E-state index in [-0.39, 0.29) is 23.0 Å². The summed E-state index contributed by atoms with van der Waals surface area (Å²) in [4.78, 5) is 0.118. The second-order valence-corrected chi connectivity index (χ2v) is 10.5. The Hall–Kier alpha value is -1.16. The first kappa shape index (κ1) is 18.6.